The van der Waals surface area contributed by atoms with Crippen molar-refractivity contribution in [1.29, 1.82) is 0 Å². The standard InChI is InChI=1S/C7H6INO5S/c1-14-5-2-3-7(15(8,12)13)6(4-5)9(10)11/h2-4H,1H3. The first kappa shape index (κ1) is 12.2. The second-order valence-corrected chi connectivity index (χ2v) is 7.32. The van der Waals surface area contributed by atoms with Crippen LogP contribution in [0.15, 0.2) is 23.1 Å². The summed E-state index contributed by atoms with van der Waals surface area (Å²) in [5.41, 5.74) is -0.483. The van der Waals surface area contributed by atoms with E-state index in [1.807, 2.05) is 0 Å². The first-order valence-corrected chi connectivity index (χ1v) is 7.66. The van der Waals surface area contributed by atoms with Crippen LogP contribution in [0.3, 0.4) is 0 Å². The Morgan fingerprint density at radius 1 is 1.47 bits per heavy atom. The van der Waals surface area contributed by atoms with Crippen molar-refractivity contribution >= 4 is 33.9 Å². The topological polar surface area (TPSA) is 86.5 Å². The summed E-state index contributed by atoms with van der Waals surface area (Å²) in [7, 11) is -2.29. The van der Waals surface area contributed by atoms with Crippen LogP contribution in [0.4, 0.5) is 5.69 Å². The highest BCUT2D eigenvalue weighted by atomic mass is 127. The SMILES string of the molecule is COc1ccc(S(=O)(=O)I)c([N+](=O)[O-])c1. The van der Waals surface area contributed by atoms with Gasteiger partial charge in [0.25, 0.3) is 5.69 Å². The lowest BCUT2D eigenvalue weighted by atomic mass is 10.3. The van der Waals surface area contributed by atoms with Crippen LogP contribution in [-0.2, 0) is 7.01 Å². The summed E-state index contributed by atoms with van der Waals surface area (Å²) in [6, 6.07) is 3.59. The Hall–Kier alpha value is -0.900. The van der Waals surface area contributed by atoms with Gasteiger partial charge in [-0.1, -0.05) is 0 Å². The van der Waals surface area contributed by atoms with Crippen molar-refractivity contribution in [2.24, 2.45) is 0 Å². The quantitative estimate of drug-likeness (QED) is 0.361. The molecule has 0 atom stereocenters. The van der Waals surface area contributed by atoms with Gasteiger partial charge >= 0.3 is 0 Å². The highest BCUT2D eigenvalue weighted by Gasteiger charge is 2.23. The van der Waals surface area contributed by atoms with Crippen LogP contribution in [0, 0.1) is 10.1 Å². The minimum atomic E-state index is -3.63. The third kappa shape index (κ3) is 2.78. The number of ether oxygens (including phenoxy) is 1. The third-order valence-electron chi connectivity index (χ3n) is 1.63. The number of nitrogens with zero attached hydrogens (tertiary/aromatic N) is 1. The lowest BCUT2D eigenvalue weighted by molar-refractivity contribution is -0.387. The van der Waals surface area contributed by atoms with Crippen LogP contribution < -0.4 is 4.74 Å². The molecule has 0 aliphatic rings. The zero-order chi connectivity index (χ0) is 11.6. The van der Waals surface area contributed by atoms with Gasteiger partial charge in [0.1, 0.15) is 5.75 Å². The normalized spacial score (nSPS) is 11.1. The van der Waals surface area contributed by atoms with E-state index in [0.717, 1.165) is 33.3 Å². The molecule has 1 aromatic carbocycles. The Bertz CT molecular complexity index is 498. The number of halogens is 1. The van der Waals surface area contributed by atoms with Crippen molar-refractivity contribution in [1.82, 2.24) is 0 Å². The lowest BCUT2D eigenvalue weighted by Crippen LogP contribution is -1.98. The van der Waals surface area contributed by atoms with Crippen LogP contribution in [-0.4, -0.2) is 20.5 Å². The van der Waals surface area contributed by atoms with Gasteiger partial charge in [-0.2, -0.15) is 0 Å². The summed E-state index contributed by atoms with van der Waals surface area (Å²) in [5, 5.41) is 10.6. The molecule has 0 saturated heterocycles. The molecule has 0 aliphatic heterocycles. The Morgan fingerprint density at radius 3 is 2.47 bits per heavy atom. The van der Waals surface area contributed by atoms with Crippen molar-refractivity contribution in [3.8, 4) is 5.75 Å². The maximum absolute atomic E-state index is 11.2. The molecule has 8 heteroatoms. The fourth-order valence-corrected chi connectivity index (χ4v) is 2.70. The van der Waals surface area contributed by atoms with Crippen LogP contribution in [0.25, 0.3) is 0 Å². The molecule has 1 rings (SSSR count). The maximum atomic E-state index is 11.2. The van der Waals surface area contributed by atoms with E-state index in [9.17, 15) is 18.5 Å². The molecular formula is C7H6INO5S. The number of benzene rings is 1. The zero-order valence-corrected chi connectivity index (χ0v) is 10.5. The van der Waals surface area contributed by atoms with E-state index in [1.54, 1.807) is 0 Å². The predicted molar refractivity (Wildman–Crippen MR) is 60.9 cm³/mol. The molecule has 0 aliphatic carbocycles. The van der Waals surface area contributed by atoms with E-state index in [0.29, 0.717) is 0 Å². The number of methoxy groups -OCH3 is 1. The average molecular weight is 343 g/mol. The maximum Gasteiger partial charge on any atom is 0.292 e. The molecule has 0 saturated carbocycles. The molecule has 1 aromatic rings. The summed E-state index contributed by atoms with van der Waals surface area (Å²) in [4.78, 5) is 9.54. The molecule has 0 radical (unpaired) electrons. The molecule has 0 fully saturated rings. The molecule has 15 heavy (non-hydrogen) atoms. The van der Waals surface area contributed by atoms with Crippen molar-refractivity contribution in [3.05, 3.63) is 28.3 Å². The van der Waals surface area contributed by atoms with E-state index in [4.69, 9.17) is 4.74 Å². The average Bonchev–Trinajstić information content (AvgIpc) is 2.15. The molecule has 0 N–H and O–H groups in total. The fourth-order valence-electron chi connectivity index (χ4n) is 0.973. The van der Waals surface area contributed by atoms with Gasteiger partial charge in [0, 0.05) is 0 Å². The van der Waals surface area contributed by atoms with E-state index in [1.165, 1.54) is 13.2 Å². The largest absolute Gasteiger partial charge is 0.497 e. The van der Waals surface area contributed by atoms with Crippen LogP contribution in [0.2, 0.25) is 0 Å². The number of hydrogen-bond donors (Lipinski definition) is 0. The summed E-state index contributed by atoms with van der Waals surface area (Å²) in [6.45, 7) is 0. The highest BCUT2D eigenvalue weighted by molar-refractivity contribution is 14.2. The van der Waals surface area contributed by atoms with Crippen LogP contribution >= 0.6 is 21.2 Å². The summed E-state index contributed by atoms with van der Waals surface area (Å²) >= 11 is 1.15. The number of hydrogen-bond acceptors (Lipinski definition) is 5. The minimum absolute atomic E-state index is 0.241. The van der Waals surface area contributed by atoms with E-state index >= 15 is 0 Å². The van der Waals surface area contributed by atoms with Gasteiger partial charge in [-0.05, 0) is 12.1 Å². The summed E-state index contributed by atoms with van der Waals surface area (Å²) < 4.78 is 27.2. The Labute approximate surface area is 97.9 Å². The Morgan fingerprint density at radius 2 is 2.07 bits per heavy atom. The Kier molecular flexibility index (Phi) is 3.50. The van der Waals surface area contributed by atoms with Crippen molar-refractivity contribution in [3.63, 3.8) is 0 Å². The number of nitro groups is 1. The first-order valence-electron chi connectivity index (χ1n) is 3.63. The van der Waals surface area contributed by atoms with E-state index in [-0.39, 0.29) is 10.6 Å². The highest BCUT2D eigenvalue weighted by Crippen LogP contribution is 2.31. The van der Waals surface area contributed by atoms with Gasteiger partial charge < -0.3 is 4.74 Å². The van der Waals surface area contributed by atoms with Crippen LogP contribution in [0.1, 0.15) is 0 Å². The van der Waals surface area contributed by atoms with Crippen molar-refractivity contribution < 1.29 is 18.1 Å². The minimum Gasteiger partial charge on any atom is -0.497 e. The molecule has 0 spiro atoms. The molecule has 0 unspecified atom stereocenters. The molecule has 0 heterocycles. The number of rotatable bonds is 3. The fraction of sp³-hybridized carbons (Fsp3) is 0.143. The van der Waals surface area contributed by atoms with Gasteiger partial charge in [-0.3, -0.25) is 10.1 Å². The zero-order valence-electron chi connectivity index (χ0n) is 7.51. The third-order valence-corrected chi connectivity index (χ3v) is 3.92. The van der Waals surface area contributed by atoms with Gasteiger partial charge in [-0.15, -0.1) is 0 Å². The summed E-state index contributed by atoms with van der Waals surface area (Å²) in [5.74, 6) is 0.241. The molecule has 0 amide bonds. The van der Waals surface area contributed by atoms with Gasteiger partial charge in [0.2, 0.25) is 7.01 Å². The van der Waals surface area contributed by atoms with Crippen molar-refractivity contribution in [2.75, 3.05) is 7.11 Å². The van der Waals surface area contributed by atoms with Gasteiger partial charge in [0.05, 0.1) is 39.3 Å². The Balaban J connectivity index is 3.48. The second kappa shape index (κ2) is 4.31. The molecule has 6 nitrogen and oxygen atoms in total. The van der Waals surface area contributed by atoms with Crippen LogP contribution in [0.5, 0.6) is 5.75 Å². The smallest absolute Gasteiger partial charge is 0.292 e. The summed E-state index contributed by atoms with van der Waals surface area (Å²) in [6.07, 6.45) is 0. The first-order chi connectivity index (χ1) is 6.86. The monoisotopic (exact) mass is 343 g/mol. The second-order valence-electron chi connectivity index (χ2n) is 2.53. The lowest BCUT2D eigenvalue weighted by Gasteiger charge is -2.02. The van der Waals surface area contributed by atoms with E-state index < -0.39 is 17.6 Å². The number of nitro benzene ring substituents is 1. The predicted octanol–water partition coefficient (Wildman–Crippen LogP) is 1.73. The van der Waals surface area contributed by atoms with Gasteiger partial charge in [-0.25, -0.2) is 8.42 Å². The van der Waals surface area contributed by atoms with Gasteiger partial charge in [0.15, 0.2) is 4.90 Å². The molecular weight excluding hydrogens is 337 g/mol. The molecule has 0 aromatic heterocycles. The van der Waals surface area contributed by atoms with Crippen molar-refractivity contribution in [2.45, 2.75) is 4.90 Å². The molecule has 0 bridgehead atoms. The van der Waals surface area contributed by atoms with E-state index in [2.05, 4.69) is 0 Å². The molecule has 82 valence electrons.